The van der Waals surface area contributed by atoms with E-state index in [4.69, 9.17) is 16.4 Å². The average molecular weight is 611 g/mol. The van der Waals surface area contributed by atoms with Gasteiger partial charge in [0.05, 0.1) is 21.4 Å². The van der Waals surface area contributed by atoms with Crippen LogP contribution in [-0.2, 0) is 21.3 Å². The lowest BCUT2D eigenvalue weighted by molar-refractivity contribution is 0.0506. The van der Waals surface area contributed by atoms with Crippen LogP contribution in [0.15, 0.2) is 64.6 Å². The van der Waals surface area contributed by atoms with E-state index in [1.807, 2.05) is 0 Å². The van der Waals surface area contributed by atoms with Gasteiger partial charge in [0.15, 0.2) is 27.3 Å². The van der Waals surface area contributed by atoms with Crippen molar-refractivity contribution < 1.29 is 40.7 Å². The number of anilines is 1. The molecule has 0 aromatic heterocycles. The molecule has 2 N–H and O–H groups in total. The Morgan fingerprint density at radius 2 is 1.76 bits per heavy atom. The van der Waals surface area contributed by atoms with E-state index in [-0.39, 0.29) is 34.2 Å². The van der Waals surface area contributed by atoms with Crippen LogP contribution in [0.25, 0.3) is 0 Å². The summed E-state index contributed by atoms with van der Waals surface area (Å²) in [6, 6.07) is 10.3. The molecule has 2 unspecified atom stereocenters. The van der Waals surface area contributed by atoms with Gasteiger partial charge < -0.3 is 15.3 Å². The van der Waals surface area contributed by atoms with Gasteiger partial charge in [-0.2, -0.15) is 0 Å². The molecule has 0 heterocycles. The number of benzene rings is 3. The summed E-state index contributed by atoms with van der Waals surface area (Å²) in [5.41, 5.74) is -1.46. The first-order chi connectivity index (χ1) is 19.4. The van der Waals surface area contributed by atoms with Gasteiger partial charge in [-0.15, -0.1) is 0 Å². The minimum absolute atomic E-state index is 0.0182. The van der Waals surface area contributed by atoms with Gasteiger partial charge in [-0.3, -0.25) is 4.79 Å². The van der Waals surface area contributed by atoms with E-state index in [0.717, 1.165) is 6.07 Å². The van der Waals surface area contributed by atoms with Gasteiger partial charge in [0, 0.05) is 29.3 Å². The second kappa shape index (κ2) is 11.1. The monoisotopic (exact) mass is 610 g/mol. The highest BCUT2D eigenvalue weighted by atomic mass is 35.5. The second-order valence-corrected chi connectivity index (χ2v) is 12.6. The summed E-state index contributed by atoms with van der Waals surface area (Å²) in [4.78, 5) is 17.7. The number of hydrogen-bond acceptors (Lipinski definition) is 6. The number of hydrogen-bond donors (Lipinski definition) is 2. The van der Waals surface area contributed by atoms with E-state index in [1.54, 1.807) is 0 Å². The summed E-state index contributed by atoms with van der Waals surface area (Å²) in [6.07, 6.45) is 2.24. The summed E-state index contributed by atoms with van der Waals surface area (Å²) < 4.78 is 81.1. The third-order valence-electron chi connectivity index (χ3n) is 7.54. The zero-order chi connectivity index (χ0) is 29.5. The molecule has 0 aliphatic heterocycles. The van der Waals surface area contributed by atoms with Crippen LogP contribution >= 0.6 is 11.6 Å². The average Bonchev–Trinajstić information content (AvgIpc) is 3.47. The van der Waals surface area contributed by atoms with Gasteiger partial charge in [-0.1, -0.05) is 28.9 Å². The lowest BCUT2D eigenvalue weighted by Crippen LogP contribution is -2.40. The molecule has 13 heteroatoms. The highest BCUT2D eigenvalue weighted by molar-refractivity contribution is 7.92. The summed E-state index contributed by atoms with van der Waals surface area (Å²) in [6.45, 7) is 0.0182. The molecular weight excluding hydrogens is 588 g/mol. The van der Waals surface area contributed by atoms with Crippen LogP contribution in [0, 0.1) is 35.1 Å². The van der Waals surface area contributed by atoms with E-state index in [0.29, 0.717) is 30.5 Å². The molecule has 2 aliphatic rings. The minimum atomic E-state index is -4.18. The smallest absolute Gasteiger partial charge is 0.255 e. The van der Waals surface area contributed by atoms with Crippen LogP contribution in [0.3, 0.4) is 0 Å². The molecule has 0 spiro atoms. The number of carbonyl (C=O) groups excluding carboxylic acids is 1. The largest absolute Gasteiger partial charge is 0.391 e. The van der Waals surface area contributed by atoms with E-state index < -0.39 is 61.7 Å². The highest BCUT2D eigenvalue weighted by Gasteiger charge is 2.61. The predicted molar refractivity (Wildman–Crippen MR) is 142 cm³/mol. The van der Waals surface area contributed by atoms with E-state index in [2.05, 4.69) is 10.5 Å². The molecule has 1 amide bonds. The number of nitrogens with zero attached hydrogens (tertiary/aromatic N) is 1. The lowest BCUT2D eigenvalue weighted by Gasteiger charge is -2.28. The number of fused-ring (bicyclic) bond motifs is 2. The van der Waals surface area contributed by atoms with Crippen LogP contribution in [0.4, 0.5) is 23.2 Å². The van der Waals surface area contributed by atoms with Crippen LogP contribution < -0.4 is 5.32 Å². The first kappa shape index (κ1) is 29.0. The maximum atomic E-state index is 13.8. The fourth-order valence-corrected chi connectivity index (χ4v) is 8.56. The predicted octanol–water partition coefficient (Wildman–Crippen LogP) is 5.65. The van der Waals surface area contributed by atoms with Crippen molar-refractivity contribution in [1.82, 2.24) is 0 Å². The lowest BCUT2D eigenvalue weighted by atomic mass is 9.85. The van der Waals surface area contributed by atoms with Gasteiger partial charge in [0.1, 0.15) is 18.0 Å². The summed E-state index contributed by atoms with van der Waals surface area (Å²) in [5.74, 6) is -7.16. The number of aliphatic hydroxyl groups is 1. The summed E-state index contributed by atoms with van der Waals surface area (Å²) in [7, 11) is -4.18. The van der Waals surface area contributed by atoms with Crippen molar-refractivity contribution in [1.29, 1.82) is 0 Å². The van der Waals surface area contributed by atoms with Crippen molar-refractivity contribution in [2.24, 2.45) is 17.0 Å². The number of oxime groups is 1. The van der Waals surface area contributed by atoms with E-state index >= 15 is 0 Å². The van der Waals surface area contributed by atoms with Crippen LogP contribution in [0.1, 0.15) is 35.2 Å². The zero-order valence-electron chi connectivity index (χ0n) is 21.2. The van der Waals surface area contributed by atoms with Crippen molar-refractivity contribution in [3.8, 4) is 0 Å². The molecule has 2 aliphatic carbocycles. The number of amides is 1. The van der Waals surface area contributed by atoms with Crippen molar-refractivity contribution >= 4 is 39.2 Å². The molecule has 0 radical (unpaired) electrons. The van der Waals surface area contributed by atoms with Crippen molar-refractivity contribution in [3.63, 3.8) is 0 Å². The number of rotatable bonds is 8. The zero-order valence-corrected chi connectivity index (χ0v) is 22.7. The quantitative estimate of drug-likeness (QED) is 0.148. The Hall–Kier alpha value is -3.48. The fraction of sp³-hybridized carbons (Fsp3) is 0.286. The molecule has 3 aromatic rings. The van der Waals surface area contributed by atoms with E-state index in [1.165, 1.54) is 42.6 Å². The molecule has 0 saturated heterocycles. The van der Waals surface area contributed by atoms with Gasteiger partial charge in [0.2, 0.25) is 0 Å². The Balaban J connectivity index is 1.34. The number of halogens is 5. The van der Waals surface area contributed by atoms with Gasteiger partial charge in [0.25, 0.3) is 5.91 Å². The molecule has 2 saturated carbocycles. The van der Waals surface area contributed by atoms with Crippen LogP contribution in [0.2, 0.25) is 5.02 Å². The molecule has 3 aromatic carbocycles. The topological polar surface area (TPSA) is 105 Å². The minimum Gasteiger partial charge on any atom is -0.391 e. The van der Waals surface area contributed by atoms with Crippen molar-refractivity contribution in [3.05, 3.63) is 94.0 Å². The molecule has 41 heavy (non-hydrogen) atoms. The maximum Gasteiger partial charge on any atom is 0.255 e. The molecule has 216 valence electrons. The van der Waals surface area contributed by atoms with Gasteiger partial charge >= 0.3 is 0 Å². The Morgan fingerprint density at radius 3 is 2.44 bits per heavy atom. The molecule has 7 nitrogen and oxygen atoms in total. The third kappa shape index (κ3) is 5.68. The molecule has 5 rings (SSSR count). The molecule has 4 atom stereocenters. The first-order valence-electron chi connectivity index (χ1n) is 12.5. The Labute approximate surface area is 237 Å². The molecule has 2 bridgehead atoms. The molecular formula is C28H23ClF4N2O5S. The molecule has 2 fully saturated rings. The van der Waals surface area contributed by atoms with Gasteiger partial charge in [-0.25, -0.2) is 26.0 Å². The normalized spacial score (nSPS) is 23.7. The number of sulfone groups is 1. The summed E-state index contributed by atoms with van der Waals surface area (Å²) >= 11 is 6.26. The number of nitrogens with one attached hydrogen (secondary N) is 1. The number of carbonyl (C=O) groups is 1. The van der Waals surface area contributed by atoms with Crippen LogP contribution in [0.5, 0.6) is 0 Å². The highest BCUT2D eigenvalue weighted by Crippen LogP contribution is 2.54. The van der Waals surface area contributed by atoms with Crippen LogP contribution in [-0.4, -0.2) is 36.5 Å². The Bertz CT molecular complexity index is 1610. The standard InChI is InChI=1S/C28H23ClF4N2O5S/c29-21-8-4-16(27(36)35-19-10-22(31)25(33)23(32)11-19)9-24(21)41(38,39)26-17-3-7-20(26)28(37,12-17)14-34-40-13-15-1-5-18(30)6-2-15/h1-2,4-6,8-11,14,17,20,26,37H,3,7,12-13H2,(H,35,36)/b34-14+/t17?,20?,26-,28+/m1/s1. The maximum absolute atomic E-state index is 13.8. The Kier molecular flexibility index (Phi) is 7.84. The first-order valence-corrected chi connectivity index (χ1v) is 14.4. The fourth-order valence-electron chi connectivity index (χ4n) is 5.65. The van der Waals surface area contributed by atoms with Crippen molar-refractivity contribution in [2.45, 2.75) is 41.6 Å². The third-order valence-corrected chi connectivity index (χ3v) is 10.4. The SMILES string of the molecule is O=C(Nc1cc(F)c(F)c(F)c1)c1ccc(Cl)c(S(=O)(=O)[C@@H]2C3CCC2[C@@](O)(/C=N/OCc2ccc(F)cc2)C3)c1. The second-order valence-electron chi connectivity index (χ2n) is 10.1. The van der Waals surface area contributed by atoms with E-state index in [9.17, 15) is 35.9 Å². The summed E-state index contributed by atoms with van der Waals surface area (Å²) in [5, 5.41) is 16.2. The van der Waals surface area contributed by atoms with Gasteiger partial charge in [-0.05, 0) is 61.1 Å². The Morgan fingerprint density at radius 1 is 1.07 bits per heavy atom. The van der Waals surface area contributed by atoms with Crippen molar-refractivity contribution in [2.75, 3.05) is 5.32 Å².